The normalized spacial score (nSPS) is 12.5. The molecule has 1 unspecified atom stereocenters. The summed E-state index contributed by atoms with van der Waals surface area (Å²) in [6, 6.07) is 10.0. The van der Waals surface area contributed by atoms with Crippen LogP contribution in [0.3, 0.4) is 0 Å². The van der Waals surface area contributed by atoms with Gasteiger partial charge in [0.05, 0.1) is 11.8 Å². The number of aromatic nitrogens is 2. The Morgan fingerprint density at radius 1 is 1.26 bits per heavy atom. The summed E-state index contributed by atoms with van der Waals surface area (Å²) in [5, 5.41) is 14.6. The molecular weight excluding hydrogens is 238 g/mol. The first-order valence-corrected chi connectivity index (χ1v) is 6.42. The molecule has 2 rings (SSSR count). The molecule has 2 aromatic rings. The molecule has 1 N–H and O–H groups in total. The predicted molar refractivity (Wildman–Crippen MR) is 77.4 cm³/mol. The number of aliphatic hydroxyl groups is 1. The van der Waals surface area contributed by atoms with Crippen LogP contribution in [0.1, 0.15) is 23.1 Å². The van der Waals surface area contributed by atoms with Crippen molar-refractivity contribution in [1.29, 1.82) is 0 Å². The van der Waals surface area contributed by atoms with Crippen LogP contribution in [-0.4, -0.2) is 29.0 Å². The second kappa shape index (κ2) is 5.45. The molecule has 0 bridgehead atoms. The first-order chi connectivity index (χ1) is 8.97. The number of hydrogen-bond donors (Lipinski definition) is 1. The maximum absolute atomic E-state index is 10.3. The lowest BCUT2D eigenvalue weighted by atomic mass is 10.0. The molecule has 0 fully saturated rings. The highest BCUT2D eigenvalue weighted by Gasteiger charge is 2.12. The lowest BCUT2D eigenvalue weighted by molar-refractivity contribution is 0.176. The van der Waals surface area contributed by atoms with E-state index < -0.39 is 6.10 Å². The van der Waals surface area contributed by atoms with E-state index in [-0.39, 0.29) is 0 Å². The molecule has 4 heteroatoms. The first kappa shape index (κ1) is 13.6. The van der Waals surface area contributed by atoms with Crippen molar-refractivity contribution >= 4 is 5.69 Å². The van der Waals surface area contributed by atoms with Crippen molar-refractivity contribution in [2.45, 2.75) is 19.4 Å². The molecular formula is C15H21N3O. The molecule has 1 heterocycles. The van der Waals surface area contributed by atoms with Gasteiger partial charge in [-0.2, -0.15) is 5.10 Å². The van der Waals surface area contributed by atoms with Crippen LogP contribution >= 0.6 is 0 Å². The average Bonchev–Trinajstić information content (AvgIpc) is 2.68. The third-order valence-corrected chi connectivity index (χ3v) is 3.30. The van der Waals surface area contributed by atoms with Crippen LogP contribution in [0.4, 0.5) is 5.69 Å². The van der Waals surface area contributed by atoms with Crippen molar-refractivity contribution < 1.29 is 5.11 Å². The van der Waals surface area contributed by atoms with E-state index in [1.807, 2.05) is 68.0 Å². The highest BCUT2D eigenvalue weighted by Crippen LogP contribution is 2.21. The minimum atomic E-state index is -0.494. The molecule has 0 saturated carbocycles. The summed E-state index contributed by atoms with van der Waals surface area (Å²) in [6.45, 7) is 1.96. The van der Waals surface area contributed by atoms with E-state index in [9.17, 15) is 5.11 Å². The molecule has 0 spiro atoms. The van der Waals surface area contributed by atoms with Gasteiger partial charge in [-0.1, -0.05) is 12.1 Å². The molecule has 1 aromatic heterocycles. The molecule has 19 heavy (non-hydrogen) atoms. The van der Waals surface area contributed by atoms with E-state index >= 15 is 0 Å². The molecule has 0 saturated heterocycles. The molecule has 0 amide bonds. The summed E-state index contributed by atoms with van der Waals surface area (Å²) in [5.74, 6) is 0. The number of rotatable bonds is 4. The zero-order chi connectivity index (χ0) is 14.0. The van der Waals surface area contributed by atoms with Crippen LogP contribution in [0.25, 0.3) is 0 Å². The summed E-state index contributed by atoms with van der Waals surface area (Å²) in [4.78, 5) is 2.04. The molecule has 102 valence electrons. The standard InChI is InChI=1S/C15H21N3O/c1-11-9-14(18(4)16-11)10-15(19)12-5-7-13(8-6-12)17(2)3/h5-9,15,19H,10H2,1-4H3. The maximum Gasteiger partial charge on any atom is 0.0845 e. The van der Waals surface area contributed by atoms with Gasteiger partial charge in [0.2, 0.25) is 0 Å². The van der Waals surface area contributed by atoms with Crippen LogP contribution in [0, 0.1) is 6.92 Å². The second-order valence-electron chi connectivity index (χ2n) is 5.11. The van der Waals surface area contributed by atoms with Gasteiger partial charge in [0, 0.05) is 38.9 Å². The lowest BCUT2D eigenvalue weighted by Gasteiger charge is -2.15. The number of aliphatic hydroxyl groups excluding tert-OH is 1. The zero-order valence-electron chi connectivity index (χ0n) is 12.0. The van der Waals surface area contributed by atoms with Gasteiger partial charge in [0.1, 0.15) is 0 Å². The predicted octanol–water partition coefficient (Wildman–Crippen LogP) is 2.07. The monoisotopic (exact) mass is 259 g/mol. The molecule has 0 radical (unpaired) electrons. The summed E-state index contributed by atoms with van der Waals surface area (Å²) >= 11 is 0. The van der Waals surface area contributed by atoms with Crippen molar-refractivity contribution in [3.05, 3.63) is 47.3 Å². The Morgan fingerprint density at radius 3 is 2.37 bits per heavy atom. The van der Waals surface area contributed by atoms with Crippen molar-refractivity contribution in [2.75, 3.05) is 19.0 Å². The maximum atomic E-state index is 10.3. The highest BCUT2D eigenvalue weighted by atomic mass is 16.3. The molecule has 0 aliphatic heterocycles. The third kappa shape index (κ3) is 3.15. The first-order valence-electron chi connectivity index (χ1n) is 6.42. The van der Waals surface area contributed by atoms with Crippen LogP contribution in [0.2, 0.25) is 0 Å². The van der Waals surface area contributed by atoms with E-state index in [1.165, 1.54) is 0 Å². The van der Waals surface area contributed by atoms with E-state index in [0.29, 0.717) is 6.42 Å². The topological polar surface area (TPSA) is 41.3 Å². The van der Waals surface area contributed by atoms with Gasteiger partial charge in [-0.3, -0.25) is 4.68 Å². The third-order valence-electron chi connectivity index (χ3n) is 3.30. The fourth-order valence-corrected chi connectivity index (χ4v) is 2.17. The van der Waals surface area contributed by atoms with Gasteiger partial charge in [0.15, 0.2) is 0 Å². The molecule has 1 aromatic carbocycles. The Hall–Kier alpha value is -1.81. The SMILES string of the molecule is Cc1cc(CC(O)c2ccc(N(C)C)cc2)n(C)n1. The summed E-state index contributed by atoms with van der Waals surface area (Å²) in [6.07, 6.45) is 0.0876. The number of nitrogens with zero attached hydrogens (tertiary/aromatic N) is 3. The van der Waals surface area contributed by atoms with E-state index in [2.05, 4.69) is 5.10 Å². The molecule has 0 aliphatic carbocycles. The van der Waals surface area contributed by atoms with Crippen molar-refractivity contribution in [3.63, 3.8) is 0 Å². The minimum Gasteiger partial charge on any atom is -0.388 e. The largest absolute Gasteiger partial charge is 0.388 e. The molecule has 1 atom stereocenters. The van der Waals surface area contributed by atoms with E-state index in [1.54, 1.807) is 0 Å². The minimum absolute atomic E-state index is 0.494. The number of hydrogen-bond acceptors (Lipinski definition) is 3. The second-order valence-corrected chi connectivity index (χ2v) is 5.11. The number of benzene rings is 1. The van der Waals surface area contributed by atoms with Gasteiger partial charge in [-0.05, 0) is 30.7 Å². The Balaban J connectivity index is 2.11. The van der Waals surface area contributed by atoms with Crippen LogP contribution in [0.15, 0.2) is 30.3 Å². The molecule has 0 aliphatic rings. The quantitative estimate of drug-likeness (QED) is 0.914. The molecule has 4 nitrogen and oxygen atoms in total. The van der Waals surface area contributed by atoms with Gasteiger partial charge in [0.25, 0.3) is 0 Å². The van der Waals surface area contributed by atoms with Gasteiger partial charge >= 0.3 is 0 Å². The van der Waals surface area contributed by atoms with Gasteiger partial charge < -0.3 is 10.0 Å². The summed E-state index contributed by atoms with van der Waals surface area (Å²) in [5.41, 5.74) is 4.09. The number of aryl methyl sites for hydroxylation is 2. The fourth-order valence-electron chi connectivity index (χ4n) is 2.17. The van der Waals surface area contributed by atoms with Crippen LogP contribution < -0.4 is 4.90 Å². The van der Waals surface area contributed by atoms with E-state index in [4.69, 9.17) is 0 Å². The Kier molecular flexibility index (Phi) is 3.90. The van der Waals surface area contributed by atoms with Crippen molar-refractivity contribution in [3.8, 4) is 0 Å². The van der Waals surface area contributed by atoms with Crippen LogP contribution in [0.5, 0.6) is 0 Å². The van der Waals surface area contributed by atoms with Gasteiger partial charge in [-0.15, -0.1) is 0 Å². The van der Waals surface area contributed by atoms with Crippen molar-refractivity contribution in [2.24, 2.45) is 7.05 Å². The van der Waals surface area contributed by atoms with E-state index in [0.717, 1.165) is 22.6 Å². The fraction of sp³-hybridized carbons (Fsp3) is 0.400. The lowest BCUT2D eigenvalue weighted by Crippen LogP contribution is -2.09. The Morgan fingerprint density at radius 2 is 1.89 bits per heavy atom. The summed E-state index contributed by atoms with van der Waals surface area (Å²) < 4.78 is 1.83. The Bertz CT molecular complexity index is 543. The zero-order valence-corrected chi connectivity index (χ0v) is 12.0. The highest BCUT2D eigenvalue weighted by molar-refractivity contribution is 5.46. The van der Waals surface area contributed by atoms with Gasteiger partial charge in [-0.25, -0.2) is 0 Å². The van der Waals surface area contributed by atoms with Crippen molar-refractivity contribution in [1.82, 2.24) is 9.78 Å². The summed E-state index contributed by atoms with van der Waals surface area (Å²) in [7, 11) is 5.91. The average molecular weight is 259 g/mol. The van der Waals surface area contributed by atoms with Crippen LogP contribution in [-0.2, 0) is 13.5 Å². The smallest absolute Gasteiger partial charge is 0.0845 e. The Labute approximate surface area is 114 Å². The number of anilines is 1.